The Morgan fingerprint density at radius 1 is 1.25 bits per heavy atom. The largest absolute Gasteiger partial charge is 0.488 e. The number of nitrogens with zero attached hydrogens (tertiary/aromatic N) is 1. The van der Waals surface area contributed by atoms with E-state index in [2.05, 4.69) is 5.16 Å². The second-order valence-electron chi connectivity index (χ2n) is 4.70. The van der Waals surface area contributed by atoms with Crippen molar-refractivity contribution in [3.8, 4) is 5.75 Å². The molecule has 1 atom stereocenters. The van der Waals surface area contributed by atoms with Crippen LogP contribution in [0.15, 0.2) is 53.4 Å². The van der Waals surface area contributed by atoms with Crippen LogP contribution in [0.25, 0.3) is 10.8 Å². The van der Waals surface area contributed by atoms with Crippen molar-refractivity contribution in [3.05, 3.63) is 60.0 Å². The summed E-state index contributed by atoms with van der Waals surface area (Å²) in [6.07, 6.45) is 2.58. The summed E-state index contributed by atoms with van der Waals surface area (Å²) in [5.41, 5.74) is 1.63. The van der Waals surface area contributed by atoms with Gasteiger partial charge in [-0.2, -0.15) is 0 Å². The maximum absolute atomic E-state index is 9.91. The molecule has 20 heavy (non-hydrogen) atoms. The van der Waals surface area contributed by atoms with Gasteiger partial charge in [0.25, 0.3) is 0 Å². The predicted molar refractivity (Wildman–Crippen MR) is 75.4 cm³/mol. The van der Waals surface area contributed by atoms with E-state index in [1.807, 2.05) is 36.4 Å². The van der Waals surface area contributed by atoms with Crippen molar-refractivity contribution in [2.24, 2.45) is 0 Å². The molecule has 4 heteroatoms. The summed E-state index contributed by atoms with van der Waals surface area (Å²) >= 11 is 0. The Morgan fingerprint density at radius 2 is 2.10 bits per heavy atom. The van der Waals surface area contributed by atoms with Gasteiger partial charge >= 0.3 is 0 Å². The minimum atomic E-state index is -0.586. The quantitative estimate of drug-likeness (QED) is 0.788. The number of ether oxygens (including phenoxy) is 1. The zero-order chi connectivity index (χ0) is 13.9. The van der Waals surface area contributed by atoms with Crippen LogP contribution in [0.2, 0.25) is 0 Å². The molecule has 0 saturated heterocycles. The molecule has 0 aliphatic rings. The summed E-state index contributed by atoms with van der Waals surface area (Å²) in [4.78, 5) is 0. The molecule has 0 radical (unpaired) electrons. The average molecular weight is 269 g/mol. The van der Waals surface area contributed by atoms with E-state index in [1.165, 1.54) is 0 Å². The van der Waals surface area contributed by atoms with Crippen molar-refractivity contribution in [1.29, 1.82) is 0 Å². The molecule has 0 amide bonds. The van der Waals surface area contributed by atoms with Crippen LogP contribution in [-0.4, -0.2) is 10.3 Å². The van der Waals surface area contributed by atoms with Gasteiger partial charge in [0.15, 0.2) is 0 Å². The Bertz CT molecular complexity index is 705. The van der Waals surface area contributed by atoms with E-state index in [1.54, 1.807) is 19.4 Å². The number of fused-ring (bicyclic) bond motifs is 1. The number of hydrogen-bond donors (Lipinski definition) is 1. The van der Waals surface area contributed by atoms with E-state index in [0.29, 0.717) is 12.4 Å². The SMILES string of the molecule is C[C@@H](O)c1ccc2ccccc2c1OCc1cnoc1. The minimum Gasteiger partial charge on any atom is -0.488 e. The maximum atomic E-state index is 9.91. The van der Waals surface area contributed by atoms with Gasteiger partial charge in [-0.1, -0.05) is 41.6 Å². The molecule has 0 fully saturated rings. The van der Waals surface area contributed by atoms with E-state index >= 15 is 0 Å². The van der Waals surface area contributed by atoms with Gasteiger partial charge in [-0.05, 0) is 12.3 Å². The van der Waals surface area contributed by atoms with Crippen LogP contribution >= 0.6 is 0 Å². The van der Waals surface area contributed by atoms with E-state index < -0.39 is 6.10 Å². The van der Waals surface area contributed by atoms with Gasteiger partial charge in [0.2, 0.25) is 0 Å². The standard InChI is InChI=1S/C16H15NO3/c1-11(18)14-7-6-13-4-2-3-5-15(13)16(14)19-9-12-8-17-20-10-12/h2-8,10-11,18H,9H2,1H3/t11-/m1/s1. The molecule has 0 unspecified atom stereocenters. The zero-order valence-corrected chi connectivity index (χ0v) is 11.1. The molecule has 0 saturated carbocycles. The lowest BCUT2D eigenvalue weighted by Crippen LogP contribution is -2.01. The van der Waals surface area contributed by atoms with Crippen LogP contribution in [0.3, 0.4) is 0 Å². The Morgan fingerprint density at radius 3 is 2.85 bits per heavy atom. The highest BCUT2D eigenvalue weighted by molar-refractivity contribution is 5.89. The molecular weight excluding hydrogens is 254 g/mol. The van der Waals surface area contributed by atoms with Crippen LogP contribution < -0.4 is 4.74 Å². The lowest BCUT2D eigenvalue weighted by atomic mass is 10.0. The first-order valence-electron chi connectivity index (χ1n) is 6.46. The van der Waals surface area contributed by atoms with E-state index in [9.17, 15) is 5.11 Å². The van der Waals surface area contributed by atoms with Gasteiger partial charge in [0.05, 0.1) is 12.3 Å². The third-order valence-electron chi connectivity index (χ3n) is 3.23. The first kappa shape index (κ1) is 12.7. The van der Waals surface area contributed by atoms with E-state index in [-0.39, 0.29) is 0 Å². The van der Waals surface area contributed by atoms with Gasteiger partial charge in [0, 0.05) is 16.5 Å². The Hall–Kier alpha value is -2.33. The average Bonchev–Trinajstić information content (AvgIpc) is 2.97. The van der Waals surface area contributed by atoms with Crippen LogP contribution in [0.4, 0.5) is 0 Å². The summed E-state index contributed by atoms with van der Waals surface area (Å²) in [5.74, 6) is 0.708. The van der Waals surface area contributed by atoms with Crippen molar-refractivity contribution >= 4 is 10.8 Å². The topological polar surface area (TPSA) is 55.5 Å². The molecule has 0 aliphatic heterocycles. The summed E-state index contributed by atoms with van der Waals surface area (Å²) in [6, 6.07) is 11.8. The highest BCUT2D eigenvalue weighted by Crippen LogP contribution is 2.34. The molecule has 4 nitrogen and oxygen atoms in total. The fourth-order valence-corrected chi connectivity index (χ4v) is 2.20. The molecule has 2 aromatic carbocycles. The fraction of sp³-hybridized carbons (Fsp3) is 0.188. The number of aliphatic hydroxyl groups is 1. The molecule has 1 N–H and O–H groups in total. The van der Waals surface area contributed by atoms with E-state index in [4.69, 9.17) is 9.26 Å². The van der Waals surface area contributed by atoms with Crippen molar-refractivity contribution in [1.82, 2.24) is 5.16 Å². The number of benzene rings is 2. The molecule has 3 rings (SSSR count). The smallest absolute Gasteiger partial charge is 0.133 e. The summed E-state index contributed by atoms with van der Waals surface area (Å²) in [7, 11) is 0. The van der Waals surface area contributed by atoms with Gasteiger partial charge in [-0.25, -0.2) is 0 Å². The molecule has 1 aromatic heterocycles. The second-order valence-corrected chi connectivity index (χ2v) is 4.70. The zero-order valence-electron chi connectivity index (χ0n) is 11.1. The first-order chi connectivity index (χ1) is 9.75. The van der Waals surface area contributed by atoms with Gasteiger partial charge in [-0.3, -0.25) is 0 Å². The molecule has 0 spiro atoms. The normalized spacial score (nSPS) is 12.5. The number of aliphatic hydroxyl groups excluding tert-OH is 1. The molecular formula is C16H15NO3. The van der Waals surface area contributed by atoms with Crippen molar-refractivity contribution < 1.29 is 14.4 Å². The first-order valence-corrected chi connectivity index (χ1v) is 6.46. The fourth-order valence-electron chi connectivity index (χ4n) is 2.20. The van der Waals surface area contributed by atoms with Gasteiger partial charge in [-0.15, -0.1) is 0 Å². The molecule has 102 valence electrons. The molecule has 3 aromatic rings. The van der Waals surface area contributed by atoms with Crippen LogP contribution in [0.1, 0.15) is 24.2 Å². The minimum absolute atomic E-state index is 0.358. The third-order valence-corrected chi connectivity index (χ3v) is 3.23. The Balaban J connectivity index is 2.03. The van der Waals surface area contributed by atoms with Crippen molar-refractivity contribution in [3.63, 3.8) is 0 Å². The summed E-state index contributed by atoms with van der Waals surface area (Å²) in [5, 5.41) is 15.6. The molecule has 1 heterocycles. The lowest BCUT2D eigenvalue weighted by molar-refractivity contribution is 0.190. The summed E-state index contributed by atoms with van der Waals surface area (Å²) in [6.45, 7) is 2.09. The highest BCUT2D eigenvalue weighted by Gasteiger charge is 2.13. The van der Waals surface area contributed by atoms with Crippen LogP contribution in [0.5, 0.6) is 5.75 Å². The number of rotatable bonds is 4. The second kappa shape index (κ2) is 5.35. The molecule has 0 aliphatic carbocycles. The Labute approximate surface area is 116 Å². The van der Waals surface area contributed by atoms with E-state index in [0.717, 1.165) is 21.9 Å². The van der Waals surface area contributed by atoms with Crippen molar-refractivity contribution in [2.75, 3.05) is 0 Å². The van der Waals surface area contributed by atoms with Crippen LogP contribution in [-0.2, 0) is 6.61 Å². The monoisotopic (exact) mass is 269 g/mol. The van der Waals surface area contributed by atoms with Crippen LogP contribution in [0, 0.1) is 0 Å². The van der Waals surface area contributed by atoms with Crippen molar-refractivity contribution in [2.45, 2.75) is 19.6 Å². The maximum Gasteiger partial charge on any atom is 0.133 e. The van der Waals surface area contributed by atoms with Gasteiger partial charge in [0.1, 0.15) is 18.6 Å². The predicted octanol–water partition coefficient (Wildman–Crippen LogP) is 3.46. The Kier molecular flexibility index (Phi) is 3.39. The number of hydrogen-bond acceptors (Lipinski definition) is 4. The molecule has 0 bridgehead atoms. The third kappa shape index (κ3) is 2.38. The highest BCUT2D eigenvalue weighted by atomic mass is 16.5. The summed E-state index contributed by atoms with van der Waals surface area (Å²) < 4.78 is 10.7. The lowest BCUT2D eigenvalue weighted by Gasteiger charge is -2.15. The number of aromatic nitrogens is 1. The van der Waals surface area contributed by atoms with Gasteiger partial charge < -0.3 is 14.4 Å².